The van der Waals surface area contributed by atoms with Crippen molar-refractivity contribution in [3.05, 3.63) is 35.1 Å². The first kappa shape index (κ1) is 14.5. The van der Waals surface area contributed by atoms with Gasteiger partial charge in [0.25, 0.3) is 0 Å². The highest BCUT2D eigenvalue weighted by atomic mass is 19.1. The first-order valence-corrected chi connectivity index (χ1v) is 7.05. The molecule has 0 aromatic heterocycles. The number of ether oxygens (including phenoxy) is 1. The maximum Gasteiger partial charge on any atom is 0.126 e. The van der Waals surface area contributed by atoms with Crippen molar-refractivity contribution in [2.75, 3.05) is 7.11 Å². The number of aryl methyl sites for hydroxylation is 1. The molecule has 3 unspecified atom stereocenters. The molecule has 2 rings (SSSR count). The van der Waals surface area contributed by atoms with E-state index in [9.17, 15) is 4.39 Å². The van der Waals surface area contributed by atoms with E-state index >= 15 is 0 Å². The average molecular weight is 265 g/mol. The summed E-state index contributed by atoms with van der Waals surface area (Å²) >= 11 is 0. The lowest BCUT2D eigenvalue weighted by Gasteiger charge is -2.43. The molecule has 1 fully saturated rings. The van der Waals surface area contributed by atoms with Crippen molar-refractivity contribution in [1.82, 2.24) is 0 Å². The maximum atomic E-state index is 13.4. The van der Waals surface area contributed by atoms with Gasteiger partial charge in [-0.05, 0) is 42.9 Å². The van der Waals surface area contributed by atoms with Crippen LogP contribution in [-0.2, 0) is 4.74 Å². The molecule has 0 saturated heterocycles. The maximum absolute atomic E-state index is 13.4. The molecular formula is C16H24FNO. The van der Waals surface area contributed by atoms with Gasteiger partial charge in [0.1, 0.15) is 5.82 Å². The second kappa shape index (κ2) is 5.59. The number of rotatable bonds is 3. The van der Waals surface area contributed by atoms with Crippen LogP contribution >= 0.6 is 0 Å². The van der Waals surface area contributed by atoms with Crippen LogP contribution in [0.5, 0.6) is 0 Å². The van der Waals surface area contributed by atoms with Crippen molar-refractivity contribution >= 4 is 0 Å². The summed E-state index contributed by atoms with van der Waals surface area (Å²) in [5.41, 5.74) is 7.75. The number of halogens is 1. The Hall–Kier alpha value is -0.930. The molecule has 1 aliphatic rings. The summed E-state index contributed by atoms with van der Waals surface area (Å²) in [6, 6.07) is 4.94. The Labute approximate surface area is 115 Å². The van der Waals surface area contributed by atoms with Crippen LogP contribution in [0.1, 0.15) is 49.8 Å². The van der Waals surface area contributed by atoms with Crippen molar-refractivity contribution in [3.8, 4) is 0 Å². The van der Waals surface area contributed by atoms with Crippen molar-refractivity contribution in [2.24, 2.45) is 11.7 Å². The largest absolute Gasteiger partial charge is 0.376 e. The molecule has 0 spiro atoms. The fourth-order valence-electron chi connectivity index (χ4n) is 3.30. The molecule has 0 amide bonds. The van der Waals surface area contributed by atoms with Crippen LogP contribution in [0.2, 0.25) is 0 Å². The Morgan fingerprint density at radius 1 is 1.47 bits per heavy atom. The summed E-state index contributed by atoms with van der Waals surface area (Å²) in [6.45, 7) is 4.02. The lowest BCUT2D eigenvalue weighted by Crippen LogP contribution is -2.46. The summed E-state index contributed by atoms with van der Waals surface area (Å²) in [7, 11) is 1.74. The normalized spacial score (nSPS) is 29.2. The number of methoxy groups -OCH3 is 1. The molecule has 1 saturated carbocycles. The smallest absolute Gasteiger partial charge is 0.126 e. The molecule has 0 heterocycles. The minimum absolute atomic E-state index is 0.181. The molecule has 2 N–H and O–H groups in total. The van der Waals surface area contributed by atoms with Gasteiger partial charge in [0.05, 0.1) is 11.6 Å². The molecule has 0 radical (unpaired) electrons. The quantitative estimate of drug-likeness (QED) is 0.903. The SMILES string of the molecule is COC1(C(N)c2ccc(F)c(C)c2)CCCC(C)C1. The van der Waals surface area contributed by atoms with Crippen molar-refractivity contribution < 1.29 is 9.13 Å². The van der Waals surface area contributed by atoms with Crippen LogP contribution in [0.25, 0.3) is 0 Å². The highest BCUT2D eigenvalue weighted by Gasteiger charge is 2.41. The van der Waals surface area contributed by atoms with Crippen LogP contribution in [0.15, 0.2) is 18.2 Å². The number of benzene rings is 1. The molecule has 1 aromatic rings. The van der Waals surface area contributed by atoms with Crippen LogP contribution in [-0.4, -0.2) is 12.7 Å². The van der Waals surface area contributed by atoms with Crippen molar-refractivity contribution in [2.45, 2.75) is 51.2 Å². The van der Waals surface area contributed by atoms with Crippen molar-refractivity contribution in [3.63, 3.8) is 0 Å². The fourth-order valence-corrected chi connectivity index (χ4v) is 3.30. The third kappa shape index (κ3) is 2.82. The zero-order valence-electron chi connectivity index (χ0n) is 12.1. The summed E-state index contributed by atoms with van der Waals surface area (Å²) in [5.74, 6) is 0.445. The predicted octanol–water partition coefficient (Wildman–Crippen LogP) is 3.73. The summed E-state index contributed by atoms with van der Waals surface area (Å²) in [4.78, 5) is 0. The van der Waals surface area contributed by atoms with Crippen LogP contribution in [0.4, 0.5) is 4.39 Å². The molecule has 0 aliphatic heterocycles. The van der Waals surface area contributed by atoms with E-state index in [1.54, 1.807) is 20.1 Å². The predicted molar refractivity (Wildman–Crippen MR) is 75.4 cm³/mol. The topological polar surface area (TPSA) is 35.2 Å². The first-order valence-electron chi connectivity index (χ1n) is 7.05. The van der Waals surface area contributed by atoms with Gasteiger partial charge in [-0.1, -0.05) is 31.9 Å². The van der Waals surface area contributed by atoms with Gasteiger partial charge in [0.2, 0.25) is 0 Å². The Morgan fingerprint density at radius 2 is 2.21 bits per heavy atom. The van der Waals surface area contributed by atoms with E-state index in [0.29, 0.717) is 11.5 Å². The zero-order valence-corrected chi connectivity index (χ0v) is 12.1. The van der Waals surface area contributed by atoms with E-state index in [0.717, 1.165) is 24.8 Å². The molecule has 3 atom stereocenters. The van der Waals surface area contributed by atoms with Gasteiger partial charge in [-0.2, -0.15) is 0 Å². The van der Waals surface area contributed by atoms with Gasteiger partial charge in [0, 0.05) is 7.11 Å². The van der Waals surface area contributed by atoms with Gasteiger partial charge in [-0.3, -0.25) is 0 Å². The van der Waals surface area contributed by atoms with Gasteiger partial charge >= 0.3 is 0 Å². The van der Waals surface area contributed by atoms with E-state index in [2.05, 4.69) is 6.92 Å². The number of nitrogens with two attached hydrogens (primary N) is 1. The second-order valence-corrected chi connectivity index (χ2v) is 5.96. The minimum atomic E-state index is -0.304. The van der Waals surface area contributed by atoms with Gasteiger partial charge in [-0.25, -0.2) is 4.39 Å². The van der Waals surface area contributed by atoms with Crippen molar-refractivity contribution in [1.29, 1.82) is 0 Å². The Kier molecular flexibility index (Phi) is 4.26. The molecule has 1 aliphatic carbocycles. The zero-order chi connectivity index (χ0) is 14.0. The van der Waals surface area contributed by atoms with Gasteiger partial charge in [-0.15, -0.1) is 0 Å². The van der Waals surface area contributed by atoms with Crippen LogP contribution in [0.3, 0.4) is 0 Å². The first-order chi connectivity index (χ1) is 8.98. The molecule has 2 nitrogen and oxygen atoms in total. The Bertz CT molecular complexity index is 448. The molecule has 19 heavy (non-hydrogen) atoms. The summed E-state index contributed by atoms with van der Waals surface area (Å²) < 4.78 is 19.2. The molecule has 1 aromatic carbocycles. The summed E-state index contributed by atoms with van der Waals surface area (Å²) in [6.07, 6.45) is 4.33. The number of hydrogen-bond acceptors (Lipinski definition) is 2. The third-order valence-corrected chi connectivity index (χ3v) is 4.51. The van der Waals surface area contributed by atoms with Crippen LogP contribution in [0, 0.1) is 18.7 Å². The lowest BCUT2D eigenvalue weighted by molar-refractivity contribution is -0.0718. The number of hydrogen-bond donors (Lipinski definition) is 1. The summed E-state index contributed by atoms with van der Waals surface area (Å²) in [5, 5.41) is 0. The van der Waals surface area contributed by atoms with E-state index < -0.39 is 0 Å². The second-order valence-electron chi connectivity index (χ2n) is 5.96. The van der Waals surface area contributed by atoms with E-state index in [1.807, 2.05) is 6.07 Å². The Morgan fingerprint density at radius 3 is 2.79 bits per heavy atom. The lowest BCUT2D eigenvalue weighted by atomic mass is 9.73. The van der Waals surface area contributed by atoms with E-state index in [4.69, 9.17) is 10.5 Å². The Balaban J connectivity index is 2.29. The van der Waals surface area contributed by atoms with Crippen LogP contribution < -0.4 is 5.73 Å². The fraction of sp³-hybridized carbons (Fsp3) is 0.625. The van der Waals surface area contributed by atoms with E-state index in [-0.39, 0.29) is 17.5 Å². The highest BCUT2D eigenvalue weighted by Crippen LogP contribution is 2.42. The molecule has 3 heteroatoms. The molecular weight excluding hydrogens is 241 g/mol. The van der Waals surface area contributed by atoms with Gasteiger partial charge in [0.15, 0.2) is 0 Å². The van der Waals surface area contributed by atoms with Gasteiger partial charge < -0.3 is 10.5 Å². The third-order valence-electron chi connectivity index (χ3n) is 4.51. The standard InChI is InChI=1S/C16H24FNO/c1-11-5-4-8-16(10-11,19-3)15(18)13-6-7-14(17)12(2)9-13/h6-7,9,11,15H,4-5,8,10,18H2,1-3H3. The highest BCUT2D eigenvalue weighted by molar-refractivity contribution is 5.28. The monoisotopic (exact) mass is 265 g/mol. The molecule has 106 valence electrons. The van der Waals surface area contributed by atoms with E-state index in [1.165, 1.54) is 12.5 Å². The average Bonchev–Trinajstić information content (AvgIpc) is 2.41. The minimum Gasteiger partial charge on any atom is -0.376 e. The molecule has 0 bridgehead atoms.